The van der Waals surface area contributed by atoms with Crippen molar-refractivity contribution in [3.05, 3.63) is 36.8 Å². The second-order valence-electron chi connectivity index (χ2n) is 1.74. The Kier molecular flexibility index (Phi) is 3.78. The van der Waals surface area contributed by atoms with Crippen molar-refractivity contribution < 1.29 is 29.6 Å². The molecule has 0 aliphatic rings. The molecule has 0 radical (unpaired) electrons. The first-order valence-corrected chi connectivity index (χ1v) is 2.46. The minimum absolute atomic E-state index is 0. The van der Waals surface area contributed by atoms with Gasteiger partial charge < -0.3 is 5.73 Å². The summed E-state index contributed by atoms with van der Waals surface area (Å²) in [7, 11) is 0. The first-order chi connectivity index (χ1) is 3.79. The van der Waals surface area contributed by atoms with Crippen molar-refractivity contribution >= 4 is 5.69 Å². The van der Waals surface area contributed by atoms with Crippen LogP contribution in [-0.2, 0) is 0 Å². The normalized spacial score (nSPS) is 8.00. The summed E-state index contributed by atoms with van der Waals surface area (Å²) >= 11 is 0. The Labute approximate surface area is 77.5 Å². The van der Waals surface area contributed by atoms with E-state index in [4.69, 9.17) is 5.73 Å². The van der Waals surface area contributed by atoms with Gasteiger partial charge in [-0.25, -0.2) is 0 Å². The van der Waals surface area contributed by atoms with Crippen LogP contribution in [0, 0.1) is 6.92 Å². The number of nitrogens with two attached hydrogens (primary N) is 1. The van der Waals surface area contributed by atoms with Crippen molar-refractivity contribution in [2.75, 3.05) is 5.73 Å². The topological polar surface area (TPSA) is 26.0 Å². The van der Waals surface area contributed by atoms with Crippen LogP contribution < -0.4 is 35.3 Å². The minimum Gasteiger partial charge on any atom is -0.400 e. The molecule has 0 atom stereocenters. The van der Waals surface area contributed by atoms with Crippen molar-refractivity contribution in [2.24, 2.45) is 0 Å². The summed E-state index contributed by atoms with van der Waals surface area (Å²) in [6.45, 7) is 3.71. The molecule has 2 N–H and O–H groups in total. The second kappa shape index (κ2) is 3.83. The zero-order valence-corrected chi connectivity index (χ0v) is 7.59. The van der Waals surface area contributed by atoms with Gasteiger partial charge in [0.05, 0.1) is 0 Å². The number of nitrogen functional groups attached to an aromatic ring is 1. The van der Waals surface area contributed by atoms with Crippen molar-refractivity contribution in [1.82, 2.24) is 0 Å². The average Bonchev–Trinajstić information content (AvgIpc) is 1.77. The summed E-state index contributed by atoms with van der Waals surface area (Å²) in [5.41, 5.74) is 7.19. The average molecular weight is 129 g/mol. The molecular formula is C7H8NNa. The SMILES string of the molecule is [CH2-]c1ccc(N)cc1.[Na+]. The maximum Gasteiger partial charge on any atom is 1.00 e. The number of benzene rings is 1. The molecule has 0 saturated carbocycles. The smallest absolute Gasteiger partial charge is 0.400 e. The molecule has 2 heteroatoms. The molecular weight excluding hydrogens is 121 g/mol. The zero-order valence-electron chi connectivity index (χ0n) is 5.59. The van der Waals surface area contributed by atoms with Crippen molar-refractivity contribution in [3.63, 3.8) is 0 Å². The van der Waals surface area contributed by atoms with Crippen LogP contribution in [0.25, 0.3) is 0 Å². The molecule has 1 aromatic carbocycles. The van der Waals surface area contributed by atoms with Gasteiger partial charge in [0.1, 0.15) is 0 Å². The van der Waals surface area contributed by atoms with Gasteiger partial charge in [-0.1, -0.05) is 12.1 Å². The first kappa shape index (κ1) is 8.89. The molecule has 1 nitrogen and oxygen atoms in total. The third-order valence-electron chi connectivity index (χ3n) is 0.980. The van der Waals surface area contributed by atoms with Gasteiger partial charge in [-0.3, -0.25) is 0 Å². The van der Waals surface area contributed by atoms with Crippen LogP contribution in [0.3, 0.4) is 0 Å². The second-order valence-corrected chi connectivity index (χ2v) is 1.74. The van der Waals surface area contributed by atoms with E-state index in [9.17, 15) is 0 Å². The van der Waals surface area contributed by atoms with Crippen LogP contribution in [0.2, 0.25) is 0 Å². The monoisotopic (exact) mass is 129 g/mol. The van der Waals surface area contributed by atoms with Crippen LogP contribution in [0.15, 0.2) is 24.3 Å². The van der Waals surface area contributed by atoms with Crippen LogP contribution >= 0.6 is 0 Å². The Balaban J connectivity index is 0.000000640. The molecule has 0 aliphatic carbocycles. The van der Waals surface area contributed by atoms with Crippen molar-refractivity contribution in [3.8, 4) is 0 Å². The molecule has 42 valence electrons. The van der Waals surface area contributed by atoms with E-state index in [1.54, 1.807) is 0 Å². The Hall–Kier alpha value is -0.110. The van der Waals surface area contributed by atoms with Gasteiger partial charge >= 0.3 is 29.6 Å². The zero-order chi connectivity index (χ0) is 5.98. The molecule has 0 unspecified atom stereocenters. The summed E-state index contributed by atoms with van der Waals surface area (Å²) in [5.74, 6) is 0. The summed E-state index contributed by atoms with van der Waals surface area (Å²) < 4.78 is 0. The molecule has 0 saturated heterocycles. The Bertz CT molecular complexity index is 148. The molecule has 1 aromatic rings. The Morgan fingerprint density at radius 3 is 1.89 bits per heavy atom. The van der Waals surface area contributed by atoms with Gasteiger partial charge in [-0.05, 0) is 0 Å². The fourth-order valence-electron chi connectivity index (χ4n) is 0.518. The van der Waals surface area contributed by atoms with Gasteiger partial charge in [-0.15, -0.1) is 0 Å². The van der Waals surface area contributed by atoms with E-state index in [0.29, 0.717) is 0 Å². The number of anilines is 1. The molecule has 0 amide bonds. The predicted octanol–water partition coefficient (Wildman–Crippen LogP) is -1.55. The van der Waals surface area contributed by atoms with Crippen LogP contribution in [0.5, 0.6) is 0 Å². The van der Waals surface area contributed by atoms with E-state index in [-0.39, 0.29) is 29.6 Å². The molecule has 0 heterocycles. The molecule has 0 spiro atoms. The quantitative estimate of drug-likeness (QED) is 0.256. The first-order valence-electron chi connectivity index (χ1n) is 2.46. The minimum atomic E-state index is 0. The standard InChI is InChI=1S/C7H8N.Na/c1-6-2-4-7(8)5-3-6;/h2-5H,1,8H2;/q-1;+1. The molecule has 9 heavy (non-hydrogen) atoms. The van der Waals surface area contributed by atoms with Crippen LogP contribution in [-0.4, -0.2) is 0 Å². The molecule has 1 rings (SSSR count). The molecule has 0 aliphatic heterocycles. The van der Waals surface area contributed by atoms with Gasteiger partial charge in [0.2, 0.25) is 0 Å². The number of rotatable bonds is 0. The number of hydrogen-bond acceptors (Lipinski definition) is 1. The molecule has 0 aromatic heterocycles. The molecule has 0 fully saturated rings. The van der Waals surface area contributed by atoms with Crippen LogP contribution in [0.1, 0.15) is 5.56 Å². The summed E-state index contributed by atoms with van der Waals surface area (Å²) in [6.07, 6.45) is 0. The van der Waals surface area contributed by atoms with Gasteiger partial charge in [-0.2, -0.15) is 24.6 Å². The third kappa shape index (κ3) is 2.80. The largest absolute Gasteiger partial charge is 1.00 e. The fourth-order valence-corrected chi connectivity index (χ4v) is 0.518. The van der Waals surface area contributed by atoms with Crippen LogP contribution in [0.4, 0.5) is 5.69 Å². The molecule has 0 bridgehead atoms. The fraction of sp³-hybridized carbons (Fsp3) is 0. The van der Waals surface area contributed by atoms with Gasteiger partial charge in [0.15, 0.2) is 0 Å². The Morgan fingerprint density at radius 1 is 1.11 bits per heavy atom. The van der Waals surface area contributed by atoms with E-state index in [2.05, 4.69) is 6.92 Å². The van der Waals surface area contributed by atoms with Gasteiger partial charge in [0.25, 0.3) is 0 Å². The summed E-state index contributed by atoms with van der Waals surface area (Å²) in [4.78, 5) is 0. The maximum atomic E-state index is 5.40. The Morgan fingerprint density at radius 2 is 1.56 bits per heavy atom. The van der Waals surface area contributed by atoms with E-state index < -0.39 is 0 Å². The van der Waals surface area contributed by atoms with Crippen molar-refractivity contribution in [1.29, 1.82) is 0 Å². The van der Waals surface area contributed by atoms with Gasteiger partial charge in [0, 0.05) is 5.69 Å². The van der Waals surface area contributed by atoms with E-state index >= 15 is 0 Å². The summed E-state index contributed by atoms with van der Waals surface area (Å²) in [6, 6.07) is 7.44. The summed E-state index contributed by atoms with van der Waals surface area (Å²) in [5, 5.41) is 0. The number of hydrogen-bond donors (Lipinski definition) is 1. The maximum absolute atomic E-state index is 5.40. The predicted molar refractivity (Wildman–Crippen MR) is 35.3 cm³/mol. The van der Waals surface area contributed by atoms with Crippen molar-refractivity contribution in [2.45, 2.75) is 0 Å². The van der Waals surface area contributed by atoms with E-state index in [1.807, 2.05) is 24.3 Å². The third-order valence-corrected chi connectivity index (χ3v) is 0.980. The van der Waals surface area contributed by atoms with E-state index in [0.717, 1.165) is 11.3 Å². The van der Waals surface area contributed by atoms with E-state index in [1.165, 1.54) is 0 Å².